The third kappa shape index (κ3) is 3.24. The largest absolute Gasteiger partial charge is 0.481 e. The first-order valence-corrected chi connectivity index (χ1v) is 6.32. The second kappa shape index (κ2) is 5.72. The van der Waals surface area contributed by atoms with Crippen LogP contribution in [0.1, 0.15) is 18.9 Å². The van der Waals surface area contributed by atoms with Gasteiger partial charge in [0, 0.05) is 24.8 Å². The van der Waals surface area contributed by atoms with E-state index in [1.54, 1.807) is 6.07 Å². The van der Waals surface area contributed by atoms with Gasteiger partial charge in [0.2, 0.25) is 0 Å². The minimum absolute atomic E-state index is 0.0809. The average molecular weight is 259 g/mol. The average Bonchev–Trinajstić information content (AvgIpc) is 2.40. The van der Waals surface area contributed by atoms with Gasteiger partial charge in [-0.1, -0.05) is 6.07 Å². The number of nitrogens with zero attached hydrogens (tertiary/aromatic N) is 2. The van der Waals surface area contributed by atoms with Crippen molar-refractivity contribution in [1.29, 1.82) is 5.26 Å². The number of hydrogen-bond acceptors (Lipinski definition) is 4. The van der Waals surface area contributed by atoms with E-state index < -0.39 is 5.97 Å². The van der Waals surface area contributed by atoms with Gasteiger partial charge >= 0.3 is 5.97 Å². The molecule has 2 rings (SSSR count). The highest BCUT2D eigenvalue weighted by Gasteiger charge is 2.27. The summed E-state index contributed by atoms with van der Waals surface area (Å²) >= 11 is 0. The zero-order chi connectivity index (χ0) is 13.8. The van der Waals surface area contributed by atoms with Crippen molar-refractivity contribution >= 4 is 11.7 Å². The van der Waals surface area contributed by atoms with E-state index in [0.29, 0.717) is 18.2 Å². The molecule has 1 fully saturated rings. The maximum absolute atomic E-state index is 10.9. The van der Waals surface area contributed by atoms with Crippen molar-refractivity contribution in [3.63, 3.8) is 0 Å². The second-order valence-electron chi connectivity index (χ2n) is 4.88. The van der Waals surface area contributed by atoms with Crippen LogP contribution in [-0.4, -0.2) is 36.2 Å². The van der Waals surface area contributed by atoms with Crippen molar-refractivity contribution in [3.8, 4) is 6.07 Å². The first kappa shape index (κ1) is 13.4. The highest BCUT2D eigenvalue weighted by atomic mass is 16.4. The summed E-state index contributed by atoms with van der Waals surface area (Å²) in [5.41, 5.74) is 1.51. The smallest absolute Gasteiger partial charge is 0.305 e. The van der Waals surface area contributed by atoms with Crippen LogP contribution in [0.15, 0.2) is 24.3 Å². The maximum atomic E-state index is 10.9. The van der Waals surface area contributed by atoms with Gasteiger partial charge in [-0.05, 0) is 25.1 Å². The maximum Gasteiger partial charge on any atom is 0.305 e. The molecule has 1 aliphatic rings. The SMILES string of the molecule is CC1CN(c2cccc(C#N)c2)C(CC(=O)O)CN1. The monoisotopic (exact) mass is 259 g/mol. The Hall–Kier alpha value is -2.06. The fourth-order valence-corrected chi connectivity index (χ4v) is 2.41. The van der Waals surface area contributed by atoms with Crippen LogP contribution in [0.25, 0.3) is 0 Å². The molecule has 1 aromatic carbocycles. The third-order valence-corrected chi connectivity index (χ3v) is 3.33. The van der Waals surface area contributed by atoms with Gasteiger partial charge in [-0.3, -0.25) is 4.79 Å². The zero-order valence-corrected chi connectivity index (χ0v) is 10.8. The Morgan fingerprint density at radius 1 is 1.63 bits per heavy atom. The third-order valence-electron chi connectivity index (χ3n) is 3.33. The lowest BCUT2D eigenvalue weighted by Gasteiger charge is -2.40. The molecule has 0 saturated carbocycles. The van der Waals surface area contributed by atoms with Crippen LogP contribution < -0.4 is 10.2 Å². The summed E-state index contributed by atoms with van der Waals surface area (Å²) < 4.78 is 0. The molecule has 0 aromatic heterocycles. The molecule has 2 unspecified atom stereocenters. The highest BCUT2D eigenvalue weighted by Crippen LogP contribution is 2.22. The highest BCUT2D eigenvalue weighted by molar-refractivity contribution is 5.69. The van der Waals surface area contributed by atoms with Gasteiger partial charge in [-0.2, -0.15) is 5.26 Å². The minimum Gasteiger partial charge on any atom is -0.481 e. The molecule has 5 heteroatoms. The molecule has 1 aromatic rings. The van der Waals surface area contributed by atoms with E-state index in [9.17, 15) is 4.79 Å². The summed E-state index contributed by atoms with van der Waals surface area (Å²) in [7, 11) is 0. The molecule has 0 bridgehead atoms. The minimum atomic E-state index is -0.803. The van der Waals surface area contributed by atoms with Gasteiger partial charge in [0.25, 0.3) is 0 Å². The number of carboxylic acid groups (broad SMARTS) is 1. The van der Waals surface area contributed by atoms with Gasteiger partial charge in [-0.25, -0.2) is 0 Å². The Kier molecular flexibility index (Phi) is 4.03. The summed E-state index contributed by atoms with van der Waals surface area (Å²) in [6.45, 7) is 3.45. The number of benzene rings is 1. The first-order chi connectivity index (χ1) is 9.10. The van der Waals surface area contributed by atoms with Crippen LogP contribution in [0, 0.1) is 11.3 Å². The summed E-state index contributed by atoms with van der Waals surface area (Å²) in [4.78, 5) is 13.0. The summed E-state index contributed by atoms with van der Waals surface area (Å²) in [5, 5.41) is 21.2. The van der Waals surface area contributed by atoms with Crippen molar-refractivity contribution in [2.45, 2.75) is 25.4 Å². The summed E-state index contributed by atoms with van der Waals surface area (Å²) in [6, 6.07) is 9.66. The van der Waals surface area contributed by atoms with Crippen LogP contribution >= 0.6 is 0 Å². The molecule has 19 heavy (non-hydrogen) atoms. The van der Waals surface area contributed by atoms with Crippen LogP contribution in [0.2, 0.25) is 0 Å². The number of nitrogens with one attached hydrogen (secondary N) is 1. The topological polar surface area (TPSA) is 76.4 Å². The van der Waals surface area contributed by atoms with E-state index in [1.807, 2.05) is 18.2 Å². The van der Waals surface area contributed by atoms with E-state index in [-0.39, 0.29) is 12.5 Å². The Morgan fingerprint density at radius 2 is 2.42 bits per heavy atom. The van der Waals surface area contributed by atoms with Gasteiger partial charge < -0.3 is 15.3 Å². The van der Waals surface area contributed by atoms with Gasteiger partial charge in [0.05, 0.1) is 24.1 Å². The fourth-order valence-electron chi connectivity index (χ4n) is 2.41. The molecule has 5 nitrogen and oxygen atoms in total. The predicted molar refractivity (Wildman–Crippen MR) is 72.0 cm³/mol. The fraction of sp³-hybridized carbons (Fsp3) is 0.429. The van der Waals surface area contributed by atoms with Crippen LogP contribution in [0.5, 0.6) is 0 Å². The van der Waals surface area contributed by atoms with Crippen molar-refractivity contribution in [2.24, 2.45) is 0 Å². The lowest BCUT2D eigenvalue weighted by Crippen LogP contribution is -2.56. The lowest BCUT2D eigenvalue weighted by atomic mass is 10.0. The Morgan fingerprint density at radius 3 is 3.11 bits per heavy atom. The standard InChI is InChI=1S/C14H17N3O2/c1-10-9-17(13(8-16-10)6-14(18)19)12-4-2-3-11(5-12)7-15/h2-5,10,13,16H,6,8-9H2,1H3,(H,18,19). The van der Waals surface area contributed by atoms with E-state index in [4.69, 9.17) is 10.4 Å². The Bertz CT molecular complexity index is 510. The molecule has 0 spiro atoms. The molecule has 1 heterocycles. The van der Waals surface area contributed by atoms with Crippen LogP contribution in [0.3, 0.4) is 0 Å². The van der Waals surface area contributed by atoms with E-state index in [0.717, 1.165) is 12.2 Å². The van der Waals surface area contributed by atoms with E-state index in [2.05, 4.69) is 23.2 Å². The quantitative estimate of drug-likeness (QED) is 0.853. The second-order valence-corrected chi connectivity index (χ2v) is 4.88. The van der Waals surface area contributed by atoms with Crippen molar-refractivity contribution < 1.29 is 9.90 Å². The molecule has 0 radical (unpaired) electrons. The Balaban J connectivity index is 2.25. The normalized spacial score (nSPS) is 22.8. The number of carboxylic acids is 1. The van der Waals surface area contributed by atoms with Crippen molar-refractivity contribution in [3.05, 3.63) is 29.8 Å². The lowest BCUT2D eigenvalue weighted by molar-refractivity contribution is -0.137. The van der Waals surface area contributed by atoms with Crippen LogP contribution in [-0.2, 0) is 4.79 Å². The number of nitriles is 1. The Labute approximate surface area is 112 Å². The van der Waals surface area contributed by atoms with Gasteiger partial charge in [0.15, 0.2) is 0 Å². The molecule has 0 aliphatic carbocycles. The molecular formula is C14H17N3O2. The van der Waals surface area contributed by atoms with Crippen LogP contribution in [0.4, 0.5) is 5.69 Å². The van der Waals surface area contributed by atoms with E-state index >= 15 is 0 Å². The molecular weight excluding hydrogens is 242 g/mol. The summed E-state index contributed by atoms with van der Waals surface area (Å²) in [5.74, 6) is -0.803. The van der Waals surface area contributed by atoms with Gasteiger partial charge in [-0.15, -0.1) is 0 Å². The number of aliphatic carboxylic acids is 1. The zero-order valence-electron chi connectivity index (χ0n) is 10.8. The molecule has 1 aliphatic heterocycles. The molecule has 2 N–H and O–H groups in total. The number of rotatable bonds is 3. The van der Waals surface area contributed by atoms with Gasteiger partial charge in [0.1, 0.15) is 0 Å². The van der Waals surface area contributed by atoms with E-state index in [1.165, 1.54) is 0 Å². The molecule has 100 valence electrons. The molecule has 2 atom stereocenters. The predicted octanol–water partition coefficient (Wildman–Crippen LogP) is 1.20. The molecule has 0 amide bonds. The number of piperazine rings is 1. The van der Waals surface area contributed by atoms with Crippen molar-refractivity contribution in [1.82, 2.24) is 5.32 Å². The number of anilines is 1. The summed E-state index contributed by atoms with van der Waals surface area (Å²) in [6.07, 6.45) is 0.0938. The van der Waals surface area contributed by atoms with Crippen molar-refractivity contribution in [2.75, 3.05) is 18.0 Å². The first-order valence-electron chi connectivity index (χ1n) is 6.32. The molecule has 1 saturated heterocycles. The number of carbonyl (C=O) groups is 1. The number of hydrogen-bond donors (Lipinski definition) is 2.